The van der Waals surface area contributed by atoms with Gasteiger partial charge in [-0.25, -0.2) is 4.98 Å². The number of carbonyl (C=O) groups is 1. The van der Waals surface area contributed by atoms with Crippen molar-refractivity contribution in [3.63, 3.8) is 0 Å². The molecule has 26 heavy (non-hydrogen) atoms. The van der Waals surface area contributed by atoms with E-state index in [1.165, 1.54) is 0 Å². The first kappa shape index (κ1) is 16.6. The predicted octanol–water partition coefficient (Wildman–Crippen LogP) is 2.35. The average Bonchev–Trinajstić information content (AvgIpc) is 3.09. The summed E-state index contributed by atoms with van der Waals surface area (Å²) in [6.45, 7) is 4.82. The van der Waals surface area contributed by atoms with Gasteiger partial charge in [0.05, 0.1) is 5.69 Å². The molecule has 1 aliphatic rings. The quantitative estimate of drug-likeness (QED) is 0.785. The Kier molecular flexibility index (Phi) is 4.58. The first-order valence-electron chi connectivity index (χ1n) is 8.88. The topological polar surface area (TPSA) is 58.9 Å². The molecule has 6 heteroatoms. The fourth-order valence-electron chi connectivity index (χ4n) is 3.24. The van der Waals surface area contributed by atoms with Crippen LogP contribution in [0.15, 0.2) is 54.9 Å². The van der Waals surface area contributed by atoms with Gasteiger partial charge in [0.1, 0.15) is 18.0 Å². The third kappa shape index (κ3) is 3.41. The number of imidazole rings is 1. The van der Waals surface area contributed by atoms with Gasteiger partial charge in [-0.2, -0.15) is 0 Å². The van der Waals surface area contributed by atoms with E-state index in [0.29, 0.717) is 17.9 Å². The van der Waals surface area contributed by atoms with E-state index < -0.39 is 0 Å². The molecular weight excluding hydrogens is 328 g/mol. The number of hydrogen-bond donors (Lipinski definition) is 1. The average molecular weight is 350 g/mol. The molecule has 1 atom stereocenters. The van der Waals surface area contributed by atoms with E-state index in [1.54, 1.807) is 0 Å². The standard InChI is InChI=1S/C20H22N4O2/c1-15-12-21-8-10-24(15)20(25)16-5-4-6-18(11-16)26-14-17-13-23-9-3-2-7-19(23)22-17/h2-7,9,11,13,15,21H,8,10,12,14H2,1H3/t15-/m0/s1. The second-order valence-corrected chi connectivity index (χ2v) is 6.57. The van der Waals surface area contributed by atoms with E-state index >= 15 is 0 Å². The molecule has 1 aliphatic heterocycles. The van der Waals surface area contributed by atoms with Crippen LogP contribution in [0.5, 0.6) is 5.75 Å². The van der Waals surface area contributed by atoms with Crippen LogP contribution in [0.1, 0.15) is 23.0 Å². The van der Waals surface area contributed by atoms with E-state index in [-0.39, 0.29) is 11.9 Å². The van der Waals surface area contributed by atoms with Crippen molar-refractivity contribution < 1.29 is 9.53 Å². The summed E-state index contributed by atoms with van der Waals surface area (Å²) in [7, 11) is 0. The summed E-state index contributed by atoms with van der Waals surface area (Å²) in [6, 6.07) is 13.5. The number of benzene rings is 1. The van der Waals surface area contributed by atoms with Gasteiger partial charge >= 0.3 is 0 Å². The number of nitrogens with one attached hydrogen (secondary N) is 1. The van der Waals surface area contributed by atoms with Gasteiger partial charge in [-0.05, 0) is 37.3 Å². The van der Waals surface area contributed by atoms with Crippen molar-refractivity contribution in [1.82, 2.24) is 19.6 Å². The lowest BCUT2D eigenvalue weighted by molar-refractivity contribution is 0.0655. The maximum Gasteiger partial charge on any atom is 0.254 e. The number of aromatic nitrogens is 2. The molecule has 2 aromatic heterocycles. The molecule has 0 bridgehead atoms. The van der Waals surface area contributed by atoms with E-state index in [9.17, 15) is 4.79 Å². The molecule has 1 aromatic carbocycles. The highest BCUT2D eigenvalue weighted by atomic mass is 16.5. The van der Waals surface area contributed by atoms with Gasteiger partial charge < -0.3 is 19.4 Å². The van der Waals surface area contributed by atoms with Crippen molar-refractivity contribution in [1.29, 1.82) is 0 Å². The molecule has 1 fully saturated rings. The lowest BCUT2D eigenvalue weighted by Gasteiger charge is -2.34. The van der Waals surface area contributed by atoms with Gasteiger partial charge in [0.15, 0.2) is 0 Å². The van der Waals surface area contributed by atoms with E-state index in [4.69, 9.17) is 4.74 Å². The second kappa shape index (κ2) is 7.17. The zero-order chi connectivity index (χ0) is 17.9. The number of amides is 1. The van der Waals surface area contributed by atoms with Crippen molar-refractivity contribution in [2.45, 2.75) is 19.6 Å². The molecule has 1 amide bonds. The molecule has 1 N–H and O–H groups in total. The van der Waals surface area contributed by atoms with Gasteiger partial charge in [-0.15, -0.1) is 0 Å². The molecule has 3 aromatic rings. The van der Waals surface area contributed by atoms with Crippen molar-refractivity contribution in [2.24, 2.45) is 0 Å². The Hall–Kier alpha value is -2.86. The molecule has 6 nitrogen and oxygen atoms in total. The monoisotopic (exact) mass is 350 g/mol. The number of piperazine rings is 1. The third-order valence-corrected chi connectivity index (χ3v) is 4.64. The number of ether oxygens (including phenoxy) is 1. The number of nitrogens with zero attached hydrogens (tertiary/aromatic N) is 3. The zero-order valence-electron chi connectivity index (χ0n) is 14.8. The molecular formula is C20H22N4O2. The van der Waals surface area contributed by atoms with Crippen molar-refractivity contribution in [2.75, 3.05) is 19.6 Å². The predicted molar refractivity (Wildman–Crippen MR) is 99.3 cm³/mol. The van der Waals surface area contributed by atoms with Crippen LogP contribution in [-0.2, 0) is 6.61 Å². The first-order valence-corrected chi connectivity index (χ1v) is 8.88. The number of rotatable bonds is 4. The fraction of sp³-hybridized carbons (Fsp3) is 0.300. The first-order chi connectivity index (χ1) is 12.7. The minimum atomic E-state index is 0.0529. The van der Waals surface area contributed by atoms with Gasteiger partial charge in [0.2, 0.25) is 0 Å². The normalized spacial score (nSPS) is 17.4. The molecule has 134 valence electrons. The Labute approximate surface area is 152 Å². The van der Waals surface area contributed by atoms with Crippen LogP contribution in [-0.4, -0.2) is 45.9 Å². The van der Waals surface area contributed by atoms with Crippen molar-refractivity contribution in [3.8, 4) is 5.75 Å². The largest absolute Gasteiger partial charge is 0.487 e. The zero-order valence-corrected chi connectivity index (χ0v) is 14.8. The van der Waals surface area contributed by atoms with Gasteiger partial charge in [-0.1, -0.05) is 12.1 Å². The summed E-state index contributed by atoms with van der Waals surface area (Å²) in [5, 5.41) is 3.30. The number of fused-ring (bicyclic) bond motifs is 1. The Bertz CT molecular complexity index is 888. The Morgan fingerprint density at radius 1 is 1.31 bits per heavy atom. The highest BCUT2D eigenvalue weighted by molar-refractivity contribution is 5.94. The SMILES string of the molecule is C[C@H]1CNCCN1C(=O)c1cccc(OCc2cn3ccccc3n2)c1. The third-order valence-electron chi connectivity index (χ3n) is 4.64. The molecule has 4 rings (SSSR count). The minimum absolute atomic E-state index is 0.0529. The minimum Gasteiger partial charge on any atom is -0.487 e. The fourth-order valence-corrected chi connectivity index (χ4v) is 3.24. The molecule has 0 radical (unpaired) electrons. The number of carbonyl (C=O) groups excluding carboxylic acids is 1. The van der Waals surface area contributed by atoms with Crippen LogP contribution in [0.25, 0.3) is 5.65 Å². The highest BCUT2D eigenvalue weighted by Gasteiger charge is 2.24. The van der Waals surface area contributed by atoms with Crippen LogP contribution in [0.3, 0.4) is 0 Å². The van der Waals surface area contributed by atoms with Crippen molar-refractivity contribution in [3.05, 3.63) is 66.1 Å². The molecule has 3 heterocycles. The van der Waals surface area contributed by atoms with Gasteiger partial charge in [-0.3, -0.25) is 4.79 Å². The van der Waals surface area contributed by atoms with Gasteiger partial charge in [0.25, 0.3) is 5.91 Å². The molecule has 0 unspecified atom stereocenters. The Morgan fingerprint density at radius 3 is 3.08 bits per heavy atom. The highest BCUT2D eigenvalue weighted by Crippen LogP contribution is 2.18. The van der Waals surface area contributed by atoms with Gasteiger partial charge in [0, 0.05) is 43.6 Å². The smallest absolute Gasteiger partial charge is 0.254 e. The molecule has 0 aliphatic carbocycles. The Morgan fingerprint density at radius 2 is 2.23 bits per heavy atom. The summed E-state index contributed by atoms with van der Waals surface area (Å²) in [4.78, 5) is 19.2. The van der Waals surface area contributed by atoms with Crippen LogP contribution >= 0.6 is 0 Å². The van der Waals surface area contributed by atoms with Crippen LogP contribution < -0.4 is 10.1 Å². The van der Waals surface area contributed by atoms with Crippen LogP contribution in [0.2, 0.25) is 0 Å². The Balaban J connectivity index is 1.46. The summed E-state index contributed by atoms with van der Waals surface area (Å²) in [5.41, 5.74) is 2.40. The summed E-state index contributed by atoms with van der Waals surface area (Å²) < 4.78 is 7.83. The van der Waals surface area contributed by atoms with E-state index in [1.807, 2.05) is 64.2 Å². The summed E-state index contributed by atoms with van der Waals surface area (Å²) >= 11 is 0. The van der Waals surface area contributed by atoms with Crippen molar-refractivity contribution >= 4 is 11.6 Å². The lowest BCUT2D eigenvalue weighted by Crippen LogP contribution is -2.52. The number of pyridine rings is 1. The second-order valence-electron chi connectivity index (χ2n) is 6.57. The number of hydrogen-bond acceptors (Lipinski definition) is 4. The maximum absolute atomic E-state index is 12.8. The van der Waals surface area contributed by atoms with Crippen LogP contribution in [0.4, 0.5) is 0 Å². The van der Waals surface area contributed by atoms with E-state index in [2.05, 4.69) is 17.2 Å². The molecule has 0 spiro atoms. The van der Waals surface area contributed by atoms with E-state index in [0.717, 1.165) is 31.0 Å². The summed E-state index contributed by atoms with van der Waals surface area (Å²) in [5.74, 6) is 0.730. The molecule has 0 saturated carbocycles. The molecule has 1 saturated heterocycles. The van der Waals surface area contributed by atoms with Crippen LogP contribution in [0, 0.1) is 0 Å². The lowest BCUT2D eigenvalue weighted by atomic mass is 10.1. The summed E-state index contributed by atoms with van der Waals surface area (Å²) in [6.07, 6.45) is 3.91. The maximum atomic E-state index is 12.8.